The second kappa shape index (κ2) is 12.0. The van der Waals surface area contributed by atoms with Crippen LogP contribution in [-0.4, -0.2) is 71.5 Å². The van der Waals surface area contributed by atoms with Crippen molar-refractivity contribution in [1.82, 2.24) is 4.90 Å². The zero-order valence-electron chi connectivity index (χ0n) is 19.2. The van der Waals surface area contributed by atoms with Crippen LogP contribution in [0.4, 0.5) is 18.9 Å². The van der Waals surface area contributed by atoms with Crippen LogP contribution in [0.3, 0.4) is 0 Å². The molecule has 0 amide bonds. The Hall–Kier alpha value is -2.85. The zero-order valence-corrected chi connectivity index (χ0v) is 20.0. The minimum atomic E-state index is -4.36. The molecule has 0 saturated carbocycles. The standard InChI is InChI=1S/C23H27F3N2O5.ClH/c1-30-19-13-16(14-20(31-2)21(19)32-3)22(29)33-12-11-27-7-9-28(10-8-27)18-6-4-5-17(15-18)23(24,25)26;/h4-6,13-15H,7-12H2,1-3H3;1H. The molecule has 0 atom stereocenters. The van der Waals surface area contributed by atoms with Gasteiger partial charge in [0.2, 0.25) is 5.75 Å². The van der Waals surface area contributed by atoms with Crippen molar-refractivity contribution in [3.8, 4) is 17.2 Å². The highest BCUT2D eigenvalue weighted by Crippen LogP contribution is 2.38. The highest BCUT2D eigenvalue weighted by Gasteiger charge is 2.31. The lowest BCUT2D eigenvalue weighted by molar-refractivity contribution is -0.137. The van der Waals surface area contributed by atoms with E-state index in [1.807, 2.05) is 4.90 Å². The number of piperazine rings is 1. The molecule has 3 rings (SSSR count). The normalized spacial score (nSPS) is 14.2. The van der Waals surface area contributed by atoms with Crippen molar-refractivity contribution in [2.24, 2.45) is 0 Å². The van der Waals surface area contributed by atoms with Crippen LogP contribution in [-0.2, 0) is 10.9 Å². The van der Waals surface area contributed by atoms with E-state index in [0.29, 0.717) is 55.7 Å². The molecule has 0 N–H and O–H groups in total. The summed E-state index contributed by atoms with van der Waals surface area (Å²) < 4.78 is 60.0. The number of alkyl halides is 3. The predicted octanol–water partition coefficient (Wildman–Crippen LogP) is 4.13. The van der Waals surface area contributed by atoms with Crippen molar-refractivity contribution < 1.29 is 36.9 Å². The van der Waals surface area contributed by atoms with Crippen LogP contribution >= 0.6 is 12.4 Å². The van der Waals surface area contributed by atoms with Crippen LogP contribution in [0.25, 0.3) is 0 Å². The summed E-state index contributed by atoms with van der Waals surface area (Å²) in [4.78, 5) is 16.5. The third-order valence-corrected chi connectivity index (χ3v) is 5.45. The van der Waals surface area contributed by atoms with Gasteiger partial charge in [0.25, 0.3) is 0 Å². The van der Waals surface area contributed by atoms with Crippen LogP contribution in [0.1, 0.15) is 15.9 Å². The summed E-state index contributed by atoms with van der Waals surface area (Å²) in [5.41, 5.74) is 0.179. The molecule has 11 heteroatoms. The van der Waals surface area contributed by atoms with Crippen molar-refractivity contribution >= 4 is 24.1 Å². The fourth-order valence-corrected chi connectivity index (χ4v) is 3.66. The molecule has 1 saturated heterocycles. The summed E-state index contributed by atoms with van der Waals surface area (Å²) in [6.45, 7) is 3.17. The van der Waals surface area contributed by atoms with Gasteiger partial charge in [-0.2, -0.15) is 13.2 Å². The summed E-state index contributed by atoms with van der Waals surface area (Å²) >= 11 is 0. The lowest BCUT2D eigenvalue weighted by atomic mass is 10.1. The Kier molecular flexibility index (Phi) is 9.69. The molecule has 2 aromatic carbocycles. The molecule has 1 aliphatic heterocycles. The largest absolute Gasteiger partial charge is 0.493 e. The number of methoxy groups -OCH3 is 3. The number of hydrogen-bond donors (Lipinski definition) is 0. The number of anilines is 1. The molecular weight excluding hydrogens is 477 g/mol. The monoisotopic (exact) mass is 504 g/mol. The van der Waals surface area contributed by atoms with Gasteiger partial charge in [0, 0.05) is 38.4 Å². The summed E-state index contributed by atoms with van der Waals surface area (Å²) in [7, 11) is 4.40. The van der Waals surface area contributed by atoms with E-state index in [4.69, 9.17) is 18.9 Å². The molecule has 1 aliphatic rings. The van der Waals surface area contributed by atoms with Crippen LogP contribution in [0, 0.1) is 0 Å². The number of benzene rings is 2. The molecule has 1 heterocycles. The number of nitrogens with zero attached hydrogens (tertiary/aromatic N) is 2. The lowest BCUT2D eigenvalue weighted by Gasteiger charge is -2.36. The lowest BCUT2D eigenvalue weighted by Crippen LogP contribution is -2.47. The van der Waals surface area contributed by atoms with E-state index in [1.54, 1.807) is 6.07 Å². The van der Waals surface area contributed by atoms with E-state index in [9.17, 15) is 18.0 Å². The maximum Gasteiger partial charge on any atom is 0.416 e. The van der Waals surface area contributed by atoms with Crippen LogP contribution < -0.4 is 19.1 Å². The molecule has 2 aromatic rings. The molecule has 34 heavy (non-hydrogen) atoms. The molecule has 188 valence electrons. The number of carbonyl (C=O) groups excluding carboxylic acids is 1. The molecular formula is C23H28ClF3N2O5. The minimum Gasteiger partial charge on any atom is -0.493 e. The number of carbonyl (C=O) groups is 1. The quantitative estimate of drug-likeness (QED) is 0.501. The van der Waals surface area contributed by atoms with Crippen LogP contribution in [0.5, 0.6) is 17.2 Å². The fraction of sp³-hybridized carbons (Fsp3) is 0.435. The van der Waals surface area contributed by atoms with Crippen molar-refractivity contribution in [1.29, 1.82) is 0 Å². The van der Waals surface area contributed by atoms with Gasteiger partial charge in [0.15, 0.2) is 11.5 Å². The van der Waals surface area contributed by atoms with Crippen molar-refractivity contribution in [3.05, 3.63) is 47.5 Å². The van der Waals surface area contributed by atoms with Crippen LogP contribution in [0.15, 0.2) is 36.4 Å². The molecule has 1 fully saturated rings. The van der Waals surface area contributed by atoms with Gasteiger partial charge in [0.05, 0.1) is 32.5 Å². The Labute approximate surface area is 202 Å². The number of ether oxygens (including phenoxy) is 4. The summed E-state index contributed by atoms with van der Waals surface area (Å²) in [6, 6.07) is 8.41. The molecule has 0 spiro atoms. The summed E-state index contributed by atoms with van der Waals surface area (Å²) in [6.07, 6.45) is -4.36. The van der Waals surface area contributed by atoms with Crippen molar-refractivity contribution in [2.45, 2.75) is 6.18 Å². The van der Waals surface area contributed by atoms with E-state index in [2.05, 4.69) is 4.90 Å². The molecule has 0 bridgehead atoms. The molecule has 0 unspecified atom stereocenters. The Bertz CT molecular complexity index is 941. The molecule has 0 radical (unpaired) electrons. The van der Waals surface area contributed by atoms with Gasteiger partial charge >= 0.3 is 12.1 Å². The third-order valence-electron chi connectivity index (χ3n) is 5.45. The smallest absolute Gasteiger partial charge is 0.416 e. The average molecular weight is 505 g/mol. The Morgan fingerprint density at radius 3 is 2.09 bits per heavy atom. The highest BCUT2D eigenvalue weighted by atomic mass is 35.5. The first-order chi connectivity index (χ1) is 15.8. The van der Waals surface area contributed by atoms with E-state index in [1.165, 1.54) is 45.6 Å². The summed E-state index contributed by atoms with van der Waals surface area (Å²) in [5.74, 6) is 0.580. The zero-order chi connectivity index (χ0) is 24.0. The topological polar surface area (TPSA) is 60.5 Å². The fourth-order valence-electron chi connectivity index (χ4n) is 3.66. The van der Waals surface area contributed by atoms with Crippen molar-refractivity contribution in [3.63, 3.8) is 0 Å². The first kappa shape index (κ1) is 27.4. The first-order valence-corrected chi connectivity index (χ1v) is 10.4. The van der Waals surface area contributed by atoms with Crippen LogP contribution in [0.2, 0.25) is 0 Å². The maximum atomic E-state index is 13.0. The predicted molar refractivity (Wildman–Crippen MR) is 124 cm³/mol. The van der Waals surface area contributed by atoms with E-state index < -0.39 is 17.7 Å². The minimum absolute atomic E-state index is 0. The molecule has 0 aliphatic carbocycles. The number of halogens is 4. The average Bonchev–Trinajstić information content (AvgIpc) is 2.82. The maximum absolute atomic E-state index is 13.0. The van der Waals surface area contributed by atoms with E-state index in [-0.39, 0.29) is 24.6 Å². The molecule has 0 aromatic heterocycles. The second-order valence-corrected chi connectivity index (χ2v) is 7.43. The molecule has 7 nitrogen and oxygen atoms in total. The van der Waals surface area contributed by atoms with Crippen molar-refractivity contribution in [2.75, 3.05) is 65.6 Å². The second-order valence-electron chi connectivity index (χ2n) is 7.43. The summed E-state index contributed by atoms with van der Waals surface area (Å²) in [5, 5.41) is 0. The number of hydrogen-bond acceptors (Lipinski definition) is 7. The Morgan fingerprint density at radius 2 is 1.56 bits per heavy atom. The van der Waals surface area contributed by atoms with Gasteiger partial charge in [-0.1, -0.05) is 6.07 Å². The Balaban J connectivity index is 0.00000408. The first-order valence-electron chi connectivity index (χ1n) is 10.4. The van der Waals surface area contributed by atoms with E-state index in [0.717, 1.165) is 6.07 Å². The van der Waals surface area contributed by atoms with Gasteiger partial charge in [-0.25, -0.2) is 4.79 Å². The SMILES string of the molecule is COc1cc(C(=O)OCCN2CCN(c3cccc(C(F)(F)F)c3)CC2)cc(OC)c1OC.Cl. The van der Waals surface area contributed by atoms with E-state index >= 15 is 0 Å². The highest BCUT2D eigenvalue weighted by molar-refractivity contribution is 5.91. The van der Waals surface area contributed by atoms with Gasteiger partial charge in [0.1, 0.15) is 6.61 Å². The number of rotatable bonds is 8. The van der Waals surface area contributed by atoms with Gasteiger partial charge in [-0.3, -0.25) is 4.90 Å². The van der Waals surface area contributed by atoms with Gasteiger partial charge in [-0.05, 0) is 30.3 Å². The third kappa shape index (κ3) is 6.60. The Morgan fingerprint density at radius 1 is 0.941 bits per heavy atom. The number of esters is 1. The van der Waals surface area contributed by atoms with Gasteiger partial charge < -0.3 is 23.8 Å². The van der Waals surface area contributed by atoms with Gasteiger partial charge in [-0.15, -0.1) is 12.4 Å².